The summed E-state index contributed by atoms with van der Waals surface area (Å²) in [4.78, 5) is 73.5. The maximum atomic E-state index is 16.9. The highest BCUT2D eigenvalue weighted by molar-refractivity contribution is 8.07. The minimum Gasteiger partial charge on any atom is -0.497 e. The Morgan fingerprint density at radius 1 is 0.857 bits per heavy atom. The van der Waals surface area contributed by atoms with Gasteiger partial charge in [-0.25, -0.2) is 24.3 Å². The predicted octanol–water partition coefficient (Wildman–Crippen LogP) is 7.68. The summed E-state index contributed by atoms with van der Waals surface area (Å²) in [7, 11) is -0.718. The van der Waals surface area contributed by atoms with Crippen LogP contribution < -0.4 is 25.7 Å². The summed E-state index contributed by atoms with van der Waals surface area (Å²) in [5, 5.41) is 15.0. The second-order valence-corrected chi connectivity index (χ2v) is 23.1. The topological polar surface area (TPSA) is 310 Å². The van der Waals surface area contributed by atoms with Crippen LogP contribution in [0.3, 0.4) is 0 Å². The van der Waals surface area contributed by atoms with Crippen LogP contribution in [0.2, 0.25) is 0 Å². The van der Waals surface area contributed by atoms with Crippen molar-refractivity contribution < 1.29 is 65.2 Å². The van der Waals surface area contributed by atoms with Crippen molar-refractivity contribution in [2.75, 3.05) is 44.7 Å². The first-order valence-corrected chi connectivity index (χ1v) is 30.0. The Balaban J connectivity index is 0.996. The molecule has 8 aromatic rings. The van der Waals surface area contributed by atoms with Gasteiger partial charge in [0.25, 0.3) is 11.5 Å². The molecule has 9 atom stereocenters. The molecule has 0 bridgehead atoms. The molecule has 0 aliphatic carbocycles. The van der Waals surface area contributed by atoms with Crippen molar-refractivity contribution in [3.8, 4) is 17.6 Å². The zero-order valence-electron chi connectivity index (χ0n) is 45.3. The molecule has 2 fully saturated rings. The average Bonchev–Trinajstić information content (AvgIpc) is 2.40. The molecule has 25 nitrogen and oxygen atoms in total. The number of ether oxygens (including phenoxy) is 5. The molecule has 6 heterocycles. The molecule has 84 heavy (non-hydrogen) atoms. The number of hydrogen-bond donors (Lipinski definition) is 4. The van der Waals surface area contributed by atoms with E-state index in [1.165, 1.54) is 12.7 Å². The zero-order chi connectivity index (χ0) is 59.1. The number of anilines is 2. The van der Waals surface area contributed by atoms with E-state index < -0.39 is 93.5 Å². The third-order valence-electron chi connectivity index (χ3n) is 13.9. The van der Waals surface area contributed by atoms with Crippen molar-refractivity contribution in [3.63, 3.8) is 0 Å². The van der Waals surface area contributed by atoms with E-state index in [1.807, 2.05) is 84.9 Å². The molecule has 2 aliphatic rings. The van der Waals surface area contributed by atoms with Crippen LogP contribution in [0.1, 0.15) is 66.2 Å². The summed E-state index contributed by atoms with van der Waals surface area (Å²) in [5.41, 5.74) is 0.535. The smallest absolute Gasteiger partial charge is 0.327 e. The maximum absolute atomic E-state index is 16.9. The number of carbonyl (C=O) groups is 2. The van der Waals surface area contributed by atoms with Gasteiger partial charge in [-0.2, -0.15) is 10.2 Å². The molecule has 2 aliphatic heterocycles. The first-order chi connectivity index (χ1) is 40.6. The second-order valence-electron chi connectivity index (χ2n) is 19.4. The minimum atomic E-state index is -4.17. The molecule has 2 unspecified atom stereocenters. The number of halogens is 1. The highest BCUT2D eigenvalue weighted by atomic mass is 32.5. The summed E-state index contributed by atoms with van der Waals surface area (Å²) in [6.07, 6.45) is -6.59. The zero-order valence-corrected chi connectivity index (χ0v) is 48.1. The van der Waals surface area contributed by atoms with Gasteiger partial charge in [0.05, 0.1) is 65.3 Å². The molecule has 4 aromatic carbocycles. The monoisotopic (exact) mass is 1210 g/mol. The van der Waals surface area contributed by atoms with Gasteiger partial charge in [0.2, 0.25) is 11.9 Å². The quantitative estimate of drug-likeness (QED) is 0.0256. The van der Waals surface area contributed by atoms with E-state index in [1.54, 1.807) is 63.0 Å². The number of imidazole rings is 2. The summed E-state index contributed by atoms with van der Waals surface area (Å²) in [6.45, 7) is -2.13. The van der Waals surface area contributed by atoms with Crippen molar-refractivity contribution in [1.29, 1.82) is 5.26 Å². The molecule has 0 radical (unpaired) electrons. The van der Waals surface area contributed by atoms with Crippen LogP contribution in [-0.4, -0.2) is 120 Å². The number of hydrogen-bond acceptors (Lipinski definition) is 20. The number of carbonyl (C=O) groups excluding carboxylic acids is 2. The fourth-order valence-electron chi connectivity index (χ4n) is 9.70. The van der Waals surface area contributed by atoms with Crippen molar-refractivity contribution in [2.24, 2.45) is 5.92 Å². The normalized spacial score (nSPS) is 20.8. The van der Waals surface area contributed by atoms with Gasteiger partial charge in [-0.1, -0.05) is 86.6 Å². The Kier molecular flexibility index (Phi) is 18.4. The Labute approximate surface area is 484 Å². The van der Waals surface area contributed by atoms with Crippen LogP contribution in [0.5, 0.6) is 11.5 Å². The number of nitrogens with one attached hydrogen (secondary N) is 3. The number of alkyl halides is 1. The number of aromatic nitrogens is 8. The van der Waals surface area contributed by atoms with E-state index >= 15 is 4.39 Å². The number of amides is 2. The molecule has 0 spiro atoms. The summed E-state index contributed by atoms with van der Waals surface area (Å²) < 4.78 is 88.0. The standard InChI is InChI=1S/C55H56FN11O14P2S/c1-32(2)50(68)64-54-63-49-45(52(70)65-54)61-31-67(49)53-46(80-82(71)72)43(56)41(79-53)28-77-83(84,76-25-11-24-57)81-39-26-42(66-30-60-44-47(58-29-59-48(44)66)62-51(69)33-12-7-5-8-13-33)78-40(39)27-75-55(34-14-9-6-10-15-34,35-16-20-37(73-3)21-17-35)36-18-22-38(74-4)23-19-36/h5-10,12-23,29-32,39-43,46,53,82H,11,25-28H2,1-4H3,(H,71,72)(H,58,59,62,69)(H2,63,64,65,68,70)/t39-,40+,41+,42+,43+,46+,53+,83?/m0/s1. The molecular formula is C55H56FN11O14P2S. The largest absolute Gasteiger partial charge is 0.497 e. The van der Waals surface area contributed by atoms with Crippen molar-refractivity contribution in [3.05, 3.63) is 161 Å². The third kappa shape index (κ3) is 12.7. The molecule has 2 amide bonds. The average molecular weight is 1210 g/mol. The third-order valence-corrected chi connectivity index (χ3v) is 16.7. The minimum absolute atomic E-state index is 0.00412. The highest BCUT2D eigenvalue weighted by Crippen LogP contribution is 2.55. The highest BCUT2D eigenvalue weighted by Gasteiger charge is 2.50. The fourth-order valence-corrected chi connectivity index (χ4v) is 12.3. The van der Waals surface area contributed by atoms with E-state index in [-0.39, 0.29) is 60.1 Å². The van der Waals surface area contributed by atoms with Crippen molar-refractivity contribution in [1.82, 2.24) is 39.0 Å². The van der Waals surface area contributed by atoms with Gasteiger partial charge in [-0.15, -0.1) is 0 Å². The van der Waals surface area contributed by atoms with Crippen molar-refractivity contribution in [2.45, 2.75) is 75.3 Å². The van der Waals surface area contributed by atoms with Crippen LogP contribution >= 0.6 is 15.0 Å². The Bertz CT molecular complexity index is 3760. The number of H-pyrrole nitrogens is 1. The maximum Gasteiger partial charge on any atom is 0.327 e. The van der Waals surface area contributed by atoms with E-state index in [4.69, 9.17) is 53.6 Å². The van der Waals surface area contributed by atoms with Gasteiger partial charge in [0.1, 0.15) is 48.0 Å². The lowest BCUT2D eigenvalue weighted by molar-refractivity contribution is -0.118. The van der Waals surface area contributed by atoms with Gasteiger partial charge in [-0.05, 0) is 64.9 Å². The molecule has 4 N–H and O–H groups in total. The first kappa shape index (κ1) is 59.5. The SMILES string of the molecule is COc1ccc(C(OC[C@H]2O[C@@H](n3cnc4c(NC(=O)c5ccccc5)ncnc43)C[C@@H]2OP(=S)(OCCC#N)OC[C@H]2O[C@@H](n3cnc4c(=O)[nH]c(NC(=O)C(C)C)nc43)[C@H](O[PH](=O)O)[C@@H]2F)(c2ccccc2)c2ccc(OC)cc2)cc1. The lowest BCUT2D eigenvalue weighted by Crippen LogP contribution is -2.38. The van der Waals surface area contributed by atoms with Gasteiger partial charge < -0.3 is 47.5 Å². The van der Waals surface area contributed by atoms with E-state index in [2.05, 4.69) is 40.5 Å². The molecule has 438 valence electrons. The lowest BCUT2D eigenvalue weighted by Gasteiger charge is -2.37. The number of fused-ring (bicyclic) bond motifs is 2. The summed E-state index contributed by atoms with van der Waals surface area (Å²) in [6, 6.07) is 35.0. The first-order valence-electron chi connectivity index (χ1n) is 26.2. The molecule has 4 aromatic heterocycles. The van der Waals surface area contributed by atoms with E-state index in [0.29, 0.717) is 28.2 Å². The number of methoxy groups -OCH3 is 2. The summed E-state index contributed by atoms with van der Waals surface area (Å²) in [5.74, 6) is -0.305. The van der Waals surface area contributed by atoms with Gasteiger partial charge in [0.15, 0.2) is 40.5 Å². The number of rotatable bonds is 24. The van der Waals surface area contributed by atoms with Crippen LogP contribution in [-0.2, 0) is 59.1 Å². The molecule has 10 rings (SSSR count). The number of nitriles is 1. The fraction of sp³-hybridized carbons (Fsp3) is 0.327. The molecule has 29 heteroatoms. The summed E-state index contributed by atoms with van der Waals surface area (Å²) >= 11 is 6.12. The molecular weight excluding hydrogens is 1150 g/mol. The van der Waals surface area contributed by atoms with Crippen LogP contribution in [0.15, 0.2) is 133 Å². The predicted molar refractivity (Wildman–Crippen MR) is 304 cm³/mol. The van der Waals surface area contributed by atoms with Crippen LogP contribution in [0.4, 0.5) is 16.2 Å². The Morgan fingerprint density at radius 2 is 1.50 bits per heavy atom. The number of benzene rings is 4. The number of aromatic amines is 1. The van der Waals surface area contributed by atoms with Crippen molar-refractivity contribution >= 4 is 72.7 Å². The lowest BCUT2D eigenvalue weighted by atomic mass is 9.80. The van der Waals surface area contributed by atoms with E-state index in [0.717, 1.165) is 16.5 Å². The van der Waals surface area contributed by atoms with E-state index in [9.17, 15) is 29.1 Å². The van der Waals surface area contributed by atoms with Gasteiger partial charge in [-0.3, -0.25) is 42.9 Å². The molecule has 0 saturated carbocycles. The second kappa shape index (κ2) is 26.1. The Hall–Kier alpha value is -7.70. The van der Waals surface area contributed by atoms with Crippen LogP contribution in [0, 0.1) is 17.2 Å². The number of nitrogens with zero attached hydrogens (tertiary/aromatic N) is 8. The molecule has 2 saturated heterocycles. The van der Waals surface area contributed by atoms with Gasteiger partial charge in [0, 0.05) is 17.9 Å². The van der Waals surface area contributed by atoms with Gasteiger partial charge >= 0.3 is 15.0 Å². The van der Waals surface area contributed by atoms with Crippen LogP contribution in [0.25, 0.3) is 22.3 Å². The Morgan fingerprint density at radius 3 is 2.14 bits per heavy atom.